The summed E-state index contributed by atoms with van der Waals surface area (Å²) in [5.74, 6) is 4.46. The third-order valence-electron chi connectivity index (χ3n) is 4.48. The zero-order valence-electron chi connectivity index (χ0n) is 20.1. The van der Waals surface area contributed by atoms with Crippen LogP contribution in [0.3, 0.4) is 0 Å². The Hall–Kier alpha value is 0.706. The van der Waals surface area contributed by atoms with E-state index in [1.165, 1.54) is 33.4 Å². The van der Waals surface area contributed by atoms with Gasteiger partial charge in [-0.3, -0.25) is 0 Å². The molecule has 2 rings (SSSR count). The van der Waals surface area contributed by atoms with Crippen molar-refractivity contribution in [2.45, 2.75) is 91.6 Å². The van der Waals surface area contributed by atoms with E-state index >= 15 is 0 Å². The molecule has 0 aliphatic heterocycles. The van der Waals surface area contributed by atoms with Crippen LogP contribution in [0.2, 0.25) is 11.5 Å². The Morgan fingerprint density at radius 1 is 0.714 bits per heavy atom. The van der Waals surface area contributed by atoms with Gasteiger partial charge in [-0.05, 0) is 0 Å². The first-order valence-corrected chi connectivity index (χ1v) is 27.9. The third-order valence-corrected chi connectivity index (χ3v) is 39.0. The van der Waals surface area contributed by atoms with Gasteiger partial charge in [-0.2, -0.15) is 45.5 Å². The summed E-state index contributed by atoms with van der Waals surface area (Å²) in [6.07, 6.45) is 0. The number of rotatable bonds is 0. The Morgan fingerprint density at radius 3 is 1.04 bits per heavy atom. The Balaban J connectivity index is 0.000000411. The second kappa shape index (κ2) is 11.9. The number of hydrogen-bond donors (Lipinski definition) is 0. The summed E-state index contributed by atoms with van der Waals surface area (Å²) < 4.78 is 0. The molecule has 0 aliphatic rings. The molecule has 0 N–H and O–H groups in total. The van der Waals surface area contributed by atoms with Crippen molar-refractivity contribution >= 4 is 27.0 Å². The van der Waals surface area contributed by atoms with Crippen LogP contribution in [0, 0.1) is 27.7 Å². The molecule has 0 bridgehead atoms. The number of halogens is 2. The van der Waals surface area contributed by atoms with E-state index < -0.39 is 26.2 Å². The second-order valence-electron chi connectivity index (χ2n) is 10.0. The van der Waals surface area contributed by atoms with Gasteiger partial charge in [0.2, 0.25) is 0 Å². The van der Waals surface area contributed by atoms with Crippen molar-refractivity contribution < 1.29 is 16.2 Å². The Labute approximate surface area is 191 Å². The molecule has 160 valence electrons. The normalized spacial score (nSPS) is 11.2. The average molecular weight is 563 g/mol. The van der Waals surface area contributed by atoms with E-state index in [1.54, 1.807) is 0 Å². The van der Waals surface area contributed by atoms with Crippen LogP contribution in [-0.4, -0.2) is 9.98 Å². The van der Waals surface area contributed by atoms with Gasteiger partial charge >= 0.3 is 54.8 Å². The first-order valence-electron chi connectivity index (χ1n) is 9.94. The maximum atomic E-state index is 5.65. The fraction of sp³-hybridized carbons (Fsp3) is 0.583. The van der Waals surface area contributed by atoms with Gasteiger partial charge in [0.1, 0.15) is 0 Å². The zero-order chi connectivity index (χ0) is 22.4. The molecule has 0 spiro atoms. The van der Waals surface area contributed by atoms with Crippen LogP contribution in [0.4, 0.5) is 0 Å². The second-order valence-corrected chi connectivity index (χ2v) is 48.0. The van der Waals surface area contributed by atoms with E-state index in [0.717, 1.165) is 0 Å². The molecular formula is C24H40Cl2GeZr-2. The zero-order valence-corrected chi connectivity index (χ0v) is 26.1. The van der Waals surface area contributed by atoms with Crippen LogP contribution < -0.4 is 0 Å². The number of hydrogen-bond acceptors (Lipinski definition) is 0. The van der Waals surface area contributed by atoms with Crippen LogP contribution in [0.25, 0.3) is 0 Å². The summed E-state index contributed by atoms with van der Waals surface area (Å²) in [7, 11) is 10.6. The number of aryl methyl sites for hydroxylation is 4. The predicted octanol–water partition coefficient (Wildman–Crippen LogP) is 8.80. The van der Waals surface area contributed by atoms with Gasteiger partial charge in [0.25, 0.3) is 0 Å². The fourth-order valence-electron chi connectivity index (χ4n) is 3.22. The molecule has 4 heteroatoms. The third kappa shape index (κ3) is 10.7. The summed E-state index contributed by atoms with van der Waals surface area (Å²) >= 11 is -1.59. The van der Waals surface area contributed by atoms with Gasteiger partial charge in [-0.15, -0.1) is 0 Å². The molecule has 0 fully saturated rings. The SMILES string of the molecule is Cc1cc(C(C)(C)C)c(C)[cH-]1.Cc1cc(C(C)(C)C)c(C)[cH-]1.[CH3][Ge]([CH3])=[Zr]([Cl])[Cl]. The molecule has 28 heavy (non-hydrogen) atoms. The van der Waals surface area contributed by atoms with Crippen LogP contribution in [0.1, 0.15) is 74.9 Å². The molecule has 0 saturated carbocycles. The molecule has 2 aromatic carbocycles. The van der Waals surface area contributed by atoms with E-state index in [-0.39, 0.29) is 0 Å². The molecule has 0 aliphatic carbocycles. The van der Waals surface area contributed by atoms with Gasteiger partial charge in [0.05, 0.1) is 0 Å². The minimum absolute atomic E-state index is 0.304. The summed E-state index contributed by atoms with van der Waals surface area (Å²) in [6, 6.07) is 9.08. The van der Waals surface area contributed by atoms with E-state index in [0.29, 0.717) is 10.8 Å². The quantitative estimate of drug-likeness (QED) is 0.222. The van der Waals surface area contributed by atoms with Gasteiger partial charge in [0.15, 0.2) is 0 Å². The summed E-state index contributed by atoms with van der Waals surface area (Å²) in [5, 5.41) is 0. The summed E-state index contributed by atoms with van der Waals surface area (Å²) in [6.45, 7) is 22.2. The van der Waals surface area contributed by atoms with Crippen LogP contribution in [0.5, 0.6) is 0 Å². The molecule has 0 radical (unpaired) electrons. The Kier molecular flexibility index (Phi) is 12.2. The predicted molar refractivity (Wildman–Crippen MR) is 130 cm³/mol. The first kappa shape index (κ1) is 28.7. The molecule has 0 heterocycles. The van der Waals surface area contributed by atoms with Gasteiger partial charge in [-0.25, -0.2) is 12.1 Å². The van der Waals surface area contributed by atoms with E-state index in [2.05, 4.69) is 105 Å². The molecule has 0 amide bonds. The van der Waals surface area contributed by atoms with E-state index in [9.17, 15) is 0 Å². The van der Waals surface area contributed by atoms with Crippen molar-refractivity contribution in [3.63, 3.8) is 0 Å². The van der Waals surface area contributed by atoms with Crippen LogP contribution in [-0.2, 0) is 27.1 Å². The summed E-state index contributed by atoms with van der Waals surface area (Å²) in [5.41, 5.74) is 9.19. The first-order chi connectivity index (χ1) is 12.5. The molecule has 0 atom stereocenters. The van der Waals surface area contributed by atoms with E-state index in [4.69, 9.17) is 17.0 Å². The molecule has 0 unspecified atom stereocenters. The summed E-state index contributed by atoms with van der Waals surface area (Å²) in [4.78, 5) is 0. The molecule has 0 nitrogen and oxygen atoms in total. The van der Waals surface area contributed by atoms with Crippen molar-refractivity contribution in [2.24, 2.45) is 0 Å². The average Bonchev–Trinajstić information content (AvgIpc) is 3.00. The van der Waals surface area contributed by atoms with Crippen molar-refractivity contribution in [2.75, 3.05) is 0 Å². The van der Waals surface area contributed by atoms with Gasteiger partial charge < -0.3 is 0 Å². The Morgan fingerprint density at radius 2 is 0.964 bits per heavy atom. The standard InChI is InChI=1S/2C11H17.C2H6Ge.2ClH.Zr/c2*1-8-6-9(2)10(7-8)11(3,4)5;1-3-2;;;/h2*6-7H,1-5H3;1-2H3;2*1H;/q2*-1;;;;+2/p-2. The maximum absolute atomic E-state index is 5.65. The van der Waals surface area contributed by atoms with Crippen molar-refractivity contribution in [3.8, 4) is 0 Å². The van der Waals surface area contributed by atoms with Crippen LogP contribution >= 0.6 is 17.0 Å². The topological polar surface area (TPSA) is 0 Å². The van der Waals surface area contributed by atoms with Crippen molar-refractivity contribution in [1.82, 2.24) is 0 Å². The fourth-order valence-corrected chi connectivity index (χ4v) is 3.22. The van der Waals surface area contributed by atoms with Crippen LogP contribution in [0.15, 0.2) is 24.3 Å². The molecule has 0 saturated heterocycles. The van der Waals surface area contributed by atoms with Crippen molar-refractivity contribution in [3.05, 3.63) is 57.6 Å². The van der Waals surface area contributed by atoms with Crippen molar-refractivity contribution in [1.29, 1.82) is 0 Å². The van der Waals surface area contributed by atoms with Gasteiger partial charge in [0, 0.05) is 0 Å². The monoisotopic (exact) mass is 562 g/mol. The molecular weight excluding hydrogens is 523 g/mol. The minimum atomic E-state index is -1.59. The van der Waals surface area contributed by atoms with Gasteiger partial charge in [-0.1, -0.05) is 80.1 Å². The van der Waals surface area contributed by atoms with E-state index in [1.807, 2.05) is 0 Å². The molecule has 0 aromatic heterocycles. The Bertz CT molecular complexity index is 706. The molecule has 2 aromatic rings.